The van der Waals surface area contributed by atoms with Crippen LogP contribution in [-0.2, 0) is 24.2 Å². The van der Waals surface area contributed by atoms with Gasteiger partial charge in [-0.3, -0.25) is 9.59 Å². The Labute approximate surface area is 362 Å². The summed E-state index contributed by atoms with van der Waals surface area (Å²) in [4.78, 5) is 40.3. The fourth-order valence-corrected chi connectivity index (χ4v) is 10.2. The maximum atomic E-state index is 13.2. The SMILES string of the molecule is CC(C)(C)[Si](C)(C)Oc1ccc2c(c1)C(=O)/C(=C/C1CCN(C(=O)OCc3ccccc3)CC1)C2.CC(C)(C)[Si](C)(C)Oc1ccc2c(c1)C(=O)C(CC1CCNCC1)C2. The number of ketones is 2. The Balaban J connectivity index is 0.000000213. The molecule has 7 rings (SSSR count). The second kappa shape index (κ2) is 18.5. The molecule has 3 aromatic rings. The molecule has 324 valence electrons. The van der Waals surface area contributed by atoms with Gasteiger partial charge >= 0.3 is 6.09 Å². The van der Waals surface area contributed by atoms with E-state index in [-0.39, 0.29) is 34.5 Å². The first-order valence-electron chi connectivity index (χ1n) is 22.3. The summed E-state index contributed by atoms with van der Waals surface area (Å²) in [5, 5.41) is 3.67. The first-order valence-corrected chi connectivity index (χ1v) is 28.1. The van der Waals surface area contributed by atoms with Crippen molar-refractivity contribution in [2.75, 3.05) is 26.2 Å². The van der Waals surface area contributed by atoms with Crippen LogP contribution < -0.4 is 14.2 Å². The summed E-state index contributed by atoms with van der Waals surface area (Å²) in [5.41, 5.74) is 5.83. The van der Waals surface area contributed by atoms with Crippen molar-refractivity contribution in [3.63, 3.8) is 0 Å². The third-order valence-corrected chi connectivity index (χ3v) is 22.8. The van der Waals surface area contributed by atoms with Crippen LogP contribution in [0.3, 0.4) is 0 Å². The number of hydrogen-bond acceptors (Lipinski definition) is 7. The quantitative estimate of drug-likeness (QED) is 0.169. The number of carbonyl (C=O) groups excluding carboxylic acids is 3. The van der Waals surface area contributed by atoms with Crippen LogP contribution in [0.5, 0.6) is 11.5 Å². The number of hydrogen-bond donors (Lipinski definition) is 1. The van der Waals surface area contributed by atoms with Gasteiger partial charge in [0.05, 0.1) is 0 Å². The molecule has 0 radical (unpaired) electrons. The summed E-state index contributed by atoms with van der Waals surface area (Å²) in [7, 11) is -3.83. The topological polar surface area (TPSA) is 94.2 Å². The highest BCUT2D eigenvalue weighted by Gasteiger charge is 2.41. The maximum absolute atomic E-state index is 13.2. The van der Waals surface area contributed by atoms with Crippen molar-refractivity contribution in [1.29, 1.82) is 0 Å². The number of rotatable bonds is 9. The van der Waals surface area contributed by atoms with Crippen molar-refractivity contribution in [1.82, 2.24) is 10.2 Å². The molecule has 1 amide bonds. The summed E-state index contributed by atoms with van der Waals surface area (Å²) in [6.07, 6.45) is 8.61. The predicted octanol–water partition coefficient (Wildman–Crippen LogP) is 11.6. The number of carbonyl (C=O) groups is 3. The molecule has 0 aromatic heterocycles. The van der Waals surface area contributed by atoms with E-state index < -0.39 is 16.6 Å². The number of benzene rings is 3. The zero-order valence-electron chi connectivity index (χ0n) is 38.0. The molecular weight excluding hydrogens is 781 g/mol. The third-order valence-electron chi connectivity index (χ3n) is 14.1. The molecule has 8 nitrogen and oxygen atoms in total. The zero-order chi connectivity index (χ0) is 43.5. The van der Waals surface area contributed by atoms with Crippen LogP contribution in [0, 0.1) is 17.8 Å². The third kappa shape index (κ3) is 11.1. The lowest BCUT2D eigenvalue weighted by Gasteiger charge is -2.36. The van der Waals surface area contributed by atoms with Gasteiger partial charge in [0, 0.05) is 42.1 Å². The molecule has 1 N–H and O–H groups in total. The van der Waals surface area contributed by atoms with Crippen LogP contribution in [0.25, 0.3) is 0 Å². The molecule has 4 aliphatic rings. The van der Waals surface area contributed by atoms with E-state index in [4.69, 9.17) is 13.6 Å². The number of nitrogens with zero attached hydrogens (tertiary/aromatic N) is 1. The van der Waals surface area contributed by atoms with E-state index in [9.17, 15) is 14.4 Å². The Kier molecular flexibility index (Phi) is 14.1. The van der Waals surface area contributed by atoms with Crippen molar-refractivity contribution in [3.8, 4) is 11.5 Å². The Bertz CT molecular complexity index is 2030. The van der Waals surface area contributed by atoms with Crippen molar-refractivity contribution in [2.24, 2.45) is 17.8 Å². The smallest absolute Gasteiger partial charge is 0.410 e. The van der Waals surface area contributed by atoms with Gasteiger partial charge in [0.1, 0.15) is 18.1 Å². The van der Waals surface area contributed by atoms with Crippen molar-refractivity contribution in [2.45, 2.75) is 129 Å². The number of allylic oxidation sites excluding steroid dienone is 2. The largest absolute Gasteiger partial charge is 0.543 e. The highest BCUT2D eigenvalue weighted by atomic mass is 28.4. The Morgan fingerprint density at radius 1 is 0.767 bits per heavy atom. The molecule has 2 aliphatic carbocycles. The fraction of sp³-hybridized carbons (Fsp3) is 0.540. The Hall–Kier alpha value is -4.00. The lowest BCUT2D eigenvalue weighted by Crippen LogP contribution is -2.43. The Morgan fingerprint density at radius 2 is 1.33 bits per heavy atom. The average Bonchev–Trinajstić information content (AvgIpc) is 3.67. The molecule has 0 saturated carbocycles. The Morgan fingerprint density at radius 3 is 1.92 bits per heavy atom. The van der Waals surface area contributed by atoms with Crippen molar-refractivity contribution in [3.05, 3.63) is 106 Å². The average molecular weight is 851 g/mol. The first-order chi connectivity index (χ1) is 28.2. The molecule has 10 heteroatoms. The monoisotopic (exact) mass is 850 g/mol. The van der Waals surface area contributed by atoms with Crippen LogP contribution in [0.15, 0.2) is 78.4 Å². The molecule has 3 aromatic carbocycles. The van der Waals surface area contributed by atoms with Gasteiger partial charge in [-0.1, -0.05) is 90.1 Å². The maximum Gasteiger partial charge on any atom is 0.410 e. The number of Topliss-reactive ketones (excluding diaryl/α,β-unsaturated/α-hetero) is 2. The first kappa shape index (κ1) is 45.5. The molecule has 1 atom stereocenters. The highest BCUT2D eigenvalue weighted by Crippen LogP contribution is 2.41. The van der Waals surface area contributed by atoms with Crippen molar-refractivity contribution < 1.29 is 28.0 Å². The van der Waals surface area contributed by atoms with Crippen LogP contribution >= 0.6 is 0 Å². The molecule has 2 fully saturated rings. The standard InChI is InChI=1S/C29H37NO4Si.C21H33NO2Si/c1-29(2,3)35(4,5)34-25-12-11-23-18-24(27(31)26(23)19-25)17-21-13-15-30(16-14-21)28(32)33-20-22-9-7-6-8-10-22;1-21(2,3)25(4,5)24-18-7-6-16-13-17(20(23)19(16)14-18)12-15-8-10-22-11-9-15/h6-12,17,19,21H,13-16,18,20H2,1-5H3;6-7,14-15,17,22H,8-13H2,1-5H3/b24-17+;. The van der Waals surface area contributed by atoms with E-state index in [1.165, 1.54) is 18.4 Å². The number of amides is 1. The van der Waals surface area contributed by atoms with Gasteiger partial charge in [-0.25, -0.2) is 4.79 Å². The van der Waals surface area contributed by atoms with Gasteiger partial charge in [0.2, 0.25) is 16.6 Å². The predicted molar refractivity (Wildman–Crippen MR) is 247 cm³/mol. The van der Waals surface area contributed by atoms with E-state index in [0.717, 1.165) is 78.1 Å². The van der Waals surface area contributed by atoms with Gasteiger partial charge < -0.3 is 23.8 Å². The molecule has 0 bridgehead atoms. The minimum atomic E-state index is -1.96. The summed E-state index contributed by atoms with van der Waals surface area (Å²) < 4.78 is 18.3. The van der Waals surface area contributed by atoms with Crippen LogP contribution in [0.1, 0.15) is 111 Å². The minimum absolute atomic E-state index is 0.101. The minimum Gasteiger partial charge on any atom is -0.543 e. The zero-order valence-corrected chi connectivity index (χ0v) is 40.0. The van der Waals surface area contributed by atoms with E-state index in [2.05, 4.69) is 91.3 Å². The van der Waals surface area contributed by atoms with Gasteiger partial charge in [-0.05, 0) is 141 Å². The lowest BCUT2D eigenvalue weighted by atomic mass is 9.86. The molecule has 2 aliphatic heterocycles. The molecule has 0 spiro atoms. The fourth-order valence-electron chi connectivity index (χ4n) is 8.13. The van der Waals surface area contributed by atoms with E-state index in [0.29, 0.717) is 37.1 Å². The summed E-state index contributed by atoms with van der Waals surface area (Å²) in [5.74, 6) is 3.31. The molecule has 1 unspecified atom stereocenters. The van der Waals surface area contributed by atoms with Gasteiger partial charge in [0.25, 0.3) is 0 Å². The lowest BCUT2D eigenvalue weighted by molar-refractivity contribution is 0.0851. The normalized spacial score (nSPS) is 19.7. The summed E-state index contributed by atoms with van der Waals surface area (Å²) in [6.45, 7) is 26.1. The van der Waals surface area contributed by atoms with E-state index in [1.807, 2.05) is 54.6 Å². The molecule has 2 saturated heterocycles. The highest BCUT2D eigenvalue weighted by molar-refractivity contribution is 6.75. The van der Waals surface area contributed by atoms with Crippen molar-refractivity contribution >= 4 is 34.3 Å². The number of nitrogens with one attached hydrogen (secondary N) is 1. The molecular formula is C50H70N2O6Si2. The van der Waals surface area contributed by atoms with E-state index in [1.54, 1.807) is 4.90 Å². The molecule has 60 heavy (non-hydrogen) atoms. The summed E-state index contributed by atoms with van der Waals surface area (Å²) >= 11 is 0. The second-order valence-electron chi connectivity index (χ2n) is 20.6. The van der Waals surface area contributed by atoms with Gasteiger partial charge in [-0.15, -0.1) is 0 Å². The number of likely N-dealkylation sites (tertiary alicyclic amines) is 1. The van der Waals surface area contributed by atoms with Crippen LogP contribution in [-0.4, -0.2) is 65.4 Å². The second-order valence-corrected chi connectivity index (χ2v) is 30.1. The van der Waals surface area contributed by atoms with Gasteiger partial charge in [0.15, 0.2) is 11.6 Å². The molecule has 2 heterocycles. The van der Waals surface area contributed by atoms with E-state index >= 15 is 0 Å². The number of piperidine rings is 2. The number of ether oxygens (including phenoxy) is 1. The van der Waals surface area contributed by atoms with Crippen LogP contribution in [0.2, 0.25) is 36.3 Å². The number of fused-ring (bicyclic) bond motifs is 2. The summed E-state index contributed by atoms with van der Waals surface area (Å²) in [6, 6.07) is 21.9. The van der Waals surface area contributed by atoms with Crippen LogP contribution in [0.4, 0.5) is 4.79 Å². The van der Waals surface area contributed by atoms with Gasteiger partial charge in [-0.2, -0.15) is 0 Å².